The molecule has 0 aliphatic rings. The lowest BCUT2D eigenvalue weighted by Gasteiger charge is -2.17. The van der Waals surface area contributed by atoms with E-state index in [0.29, 0.717) is 5.56 Å². The highest BCUT2D eigenvalue weighted by atomic mass is 19.1. The van der Waals surface area contributed by atoms with Crippen LogP contribution in [0, 0.1) is 17.1 Å². The van der Waals surface area contributed by atoms with Gasteiger partial charge in [-0.15, -0.1) is 0 Å². The van der Waals surface area contributed by atoms with E-state index >= 15 is 0 Å². The SMILES string of the molecule is CO[C@H](C(=O)NCc1ccc(C#N)cc1)c1cc(-c2ccccc2)ccc1F. The fourth-order valence-corrected chi connectivity index (χ4v) is 2.91. The number of nitriles is 1. The number of halogens is 1. The van der Waals surface area contributed by atoms with Crippen molar-refractivity contribution in [2.24, 2.45) is 0 Å². The quantitative estimate of drug-likeness (QED) is 0.697. The Kier molecular flexibility index (Phi) is 6.15. The van der Waals surface area contributed by atoms with Crippen LogP contribution in [0.1, 0.15) is 22.8 Å². The Hall–Kier alpha value is -3.49. The van der Waals surface area contributed by atoms with Crippen molar-refractivity contribution >= 4 is 5.91 Å². The number of hydrogen-bond donors (Lipinski definition) is 1. The van der Waals surface area contributed by atoms with E-state index in [1.54, 1.807) is 36.4 Å². The van der Waals surface area contributed by atoms with Gasteiger partial charge in [0.25, 0.3) is 5.91 Å². The van der Waals surface area contributed by atoms with Gasteiger partial charge in [0, 0.05) is 19.2 Å². The van der Waals surface area contributed by atoms with E-state index in [1.165, 1.54) is 13.2 Å². The van der Waals surface area contributed by atoms with Gasteiger partial charge in [-0.3, -0.25) is 4.79 Å². The summed E-state index contributed by atoms with van der Waals surface area (Å²) in [5.41, 5.74) is 3.29. The van der Waals surface area contributed by atoms with Crippen molar-refractivity contribution in [3.05, 3.63) is 95.3 Å². The molecule has 1 N–H and O–H groups in total. The highest BCUT2D eigenvalue weighted by molar-refractivity contribution is 5.83. The third-order valence-corrected chi connectivity index (χ3v) is 4.41. The molecule has 5 heteroatoms. The minimum atomic E-state index is -1.07. The van der Waals surface area contributed by atoms with E-state index < -0.39 is 17.8 Å². The molecule has 28 heavy (non-hydrogen) atoms. The Labute approximate surface area is 163 Å². The van der Waals surface area contributed by atoms with Crippen LogP contribution in [-0.2, 0) is 16.1 Å². The van der Waals surface area contributed by atoms with Gasteiger partial charge in [-0.25, -0.2) is 4.39 Å². The zero-order chi connectivity index (χ0) is 19.9. The number of ether oxygens (including phenoxy) is 1. The summed E-state index contributed by atoms with van der Waals surface area (Å²) in [6.45, 7) is 0.254. The third kappa shape index (κ3) is 4.43. The van der Waals surface area contributed by atoms with Gasteiger partial charge in [-0.2, -0.15) is 5.26 Å². The smallest absolute Gasteiger partial charge is 0.254 e. The maximum absolute atomic E-state index is 14.4. The monoisotopic (exact) mass is 374 g/mol. The summed E-state index contributed by atoms with van der Waals surface area (Å²) in [5, 5.41) is 11.6. The molecule has 0 heterocycles. The number of nitrogens with one attached hydrogen (secondary N) is 1. The second-order valence-electron chi connectivity index (χ2n) is 6.24. The molecular formula is C23H19FN2O2. The lowest BCUT2D eigenvalue weighted by Crippen LogP contribution is -2.30. The molecule has 0 radical (unpaired) electrons. The Morgan fingerprint density at radius 3 is 2.43 bits per heavy atom. The average molecular weight is 374 g/mol. The highest BCUT2D eigenvalue weighted by Gasteiger charge is 2.23. The molecular weight excluding hydrogens is 355 g/mol. The summed E-state index contributed by atoms with van der Waals surface area (Å²) in [4.78, 5) is 12.6. The van der Waals surface area contributed by atoms with Gasteiger partial charge in [0.15, 0.2) is 6.10 Å². The second kappa shape index (κ2) is 8.94. The molecule has 4 nitrogen and oxygen atoms in total. The fourth-order valence-electron chi connectivity index (χ4n) is 2.91. The first-order valence-corrected chi connectivity index (χ1v) is 8.77. The predicted molar refractivity (Wildman–Crippen MR) is 105 cm³/mol. The predicted octanol–water partition coefficient (Wildman–Crippen LogP) is 4.37. The molecule has 0 unspecified atom stereocenters. The Morgan fingerprint density at radius 1 is 1.07 bits per heavy atom. The maximum Gasteiger partial charge on any atom is 0.254 e. The minimum absolute atomic E-state index is 0.182. The first-order chi connectivity index (χ1) is 13.6. The lowest BCUT2D eigenvalue weighted by molar-refractivity contribution is -0.131. The summed E-state index contributed by atoms with van der Waals surface area (Å²) in [6, 6.07) is 23.1. The number of hydrogen-bond acceptors (Lipinski definition) is 3. The second-order valence-corrected chi connectivity index (χ2v) is 6.24. The summed E-state index contributed by atoms with van der Waals surface area (Å²) in [5.74, 6) is -0.934. The summed E-state index contributed by atoms with van der Waals surface area (Å²) >= 11 is 0. The third-order valence-electron chi connectivity index (χ3n) is 4.41. The van der Waals surface area contributed by atoms with Crippen LogP contribution in [0.5, 0.6) is 0 Å². The van der Waals surface area contributed by atoms with E-state index in [0.717, 1.165) is 16.7 Å². The van der Waals surface area contributed by atoms with Crippen LogP contribution in [0.2, 0.25) is 0 Å². The van der Waals surface area contributed by atoms with Crippen molar-refractivity contribution in [3.63, 3.8) is 0 Å². The molecule has 0 spiro atoms. The van der Waals surface area contributed by atoms with Crippen LogP contribution in [0.3, 0.4) is 0 Å². The summed E-state index contributed by atoms with van der Waals surface area (Å²) in [6.07, 6.45) is -1.07. The first-order valence-electron chi connectivity index (χ1n) is 8.77. The molecule has 0 aliphatic carbocycles. The van der Waals surface area contributed by atoms with Crippen LogP contribution >= 0.6 is 0 Å². The Balaban J connectivity index is 1.78. The highest BCUT2D eigenvalue weighted by Crippen LogP contribution is 2.27. The van der Waals surface area contributed by atoms with E-state index in [4.69, 9.17) is 10.00 Å². The maximum atomic E-state index is 14.4. The normalized spacial score (nSPS) is 11.5. The van der Waals surface area contributed by atoms with Gasteiger partial charge in [0.2, 0.25) is 0 Å². The molecule has 140 valence electrons. The van der Waals surface area contributed by atoms with Gasteiger partial charge in [0.05, 0.1) is 11.6 Å². The molecule has 0 fully saturated rings. The number of carbonyl (C=O) groups excluding carboxylic acids is 1. The number of nitrogens with zero attached hydrogens (tertiary/aromatic N) is 1. The van der Waals surface area contributed by atoms with E-state index in [1.807, 2.05) is 36.4 Å². The summed E-state index contributed by atoms with van der Waals surface area (Å²) in [7, 11) is 1.38. The van der Waals surface area contributed by atoms with E-state index in [-0.39, 0.29) is 12.1 Å². The molecule has 1 atom stereocenters. The fraction of sp³-hybridized carbons (Fsp3) is 0.130. The van der Waals surface area contributed by atoms with Crippen molar-refractivity contribution < 1.29 is 13.9 Å². The zero-order valence-electron chi connectivity index (χ0n) is 15.4. The molecule has 0 saturated heterocycles. The average Bonchev–Trinajstić information content (AvgIpc) is 2.75. The van der Waals surface area contributed by atoms with E-state index in [2.05, 4.69) is 5.32 Å². The number of benzene rings is 3. The van der Waals surface area contributed by atoms with Crippen LogP contribution in [0.25, 0.3) is 11.1 Å². The molecule has 3 aromatic rings. The van der Waals surface area contributed by atoms with Crippen molar-refractivity contribution in [1.29, 1.82) is 5.26 Å². The van der Waals surface area contributed by atoms with Gasteiger partial charge >= 0.3 is 0 Å². The van der Waals surface area contributed by atoms with Crippen LogP contribution in [0.15, 0.2) is 72.8 Å². The zero-order valence-corrected chi connectivity index (χ0v) is 15.4. The Bertz CT molecular complexity index is 995. The van der Waals surface area contributed by atoms with Crippen LogP contribution in [-0.4, -0.2) is 13.0 Å². The molecule has 3 aromatic carbocycles. The summed E-state index contributed by atoms with van der Waals surface area (Å²) < 4.78 is 19.7. The minimum Gasteiger partial charge on any atom is -0.367 e. The van der Waals surface area contributed by atoms with Gasteiger partial charge in [-0.05, 0) is 41.0 Å². The molecule has 0 saturated carbocycles. The van der Waals surface area contributed by atoms with E-state index in [9.17, 15) is 9.18 Å². The van der Waals surface area contributed by atoms with Crippen molar-refractivity contribution in [3.8, 4) is 17.2 Å². The molecule has 1 amide bonds. The Morgan fingerprint density at radius 2 is 1.79 bits per heavy atom. The largest absolute Gasteiger partial charge is 0.367 e. The topological polar surface area (TPSA) is 62.1 Å². The number of methoxy groups -OCH3 is 1. The number of carbonyl (C=O) groups is 1. The molecule has 0 bridgehead atoms. The standard InChI is InChI=1S/C23H19FN2O2/c1-28-22(23(27)26-15-17-9-7-16(14-25)8-10-17)20-13-19(11-12-21(20)24)18-5-3-2-4-6-18/h2-13,22H,15H2,1H3,(H,26,27)/t22-/m0/s1. The van der Waals surface area contributed by atoms with Crippen LogP contribution in [0.4, 0.5) is 4.39 Å². The first kappa shape index (κ1) is 19.3. The van der Waals surface area contributed by atoms with Crippen LogP contribution < -0.4 is 5.32 Å². The van der Waals surface area contributed by atoms with Gasteiger partial charge < -0.3 is 10.1 Å². The van der Waals surface area contributed by atoms with Gasteiger partial charge in [0.1, 0.15) is 5.82 Å². The molecule has 0 aliphatic heterocycles. The van der Waals surface area contributed by atoms with Crippen molar-refractivity contribution in [2.45, 2.75) is 12.6 Å². The lowest BCUT2D eigenvalue weighted by atomic mass is 9.99. The molecule has 0 aromatic heterocycles. The van der Waals surface area contributed by atoms with Crippen molar-refractivity contribution in [2.75, 3.05) is 7.11 Å². The molecule has 3 rings (SSSR count). The van der Waals surface area contributed by atoms with Gasteiger partial charge in [-0.1, -0.05) is 48.5 Å². The van der Waals surface area contributed by atoms with Crippen molar-refractivity contribution in [1.82, 2.24) is 5.32 Å². The number of rotatable bonds is 6. The number of amides is 1.